The van der Waals surface area contributed by atoms with Crippen molar-refractivity contribution in [1.82, 2.24) is 9.97 Å². The van der Waals surface area contributed by atoms with Crippen molar-refractivity contribution in [2.24, 2.45) is 0 Å². The maximum atomic E-state index is 4.22. The Morgan fingerprint density at radius 2 is 0.973 bits per heavy atom. The van der Waals surface area contributed by atoms with Crippen LogP contribution in [-0.4, -0.2) is 18.0 Å². The lowest BCUT2D eigenvalue weighted by molar-refractivity contribution is 0.968. The smallest absolute Gasteiger partial charge is 0.0722 e. The van der Waals surface area contributed by atoms with Crippen LogP contribution in [0, 0.1) is 0 Å². The van der Waals surface area contributed by atoms with Gasteiger partial charge in [0.2, 0.25) is 0 Å². The summed E-state index contributed by atoms with van der Waals surface area (Å²) < 4.78 is 2.34. The van der Waals surface area contributed by atoms with E-state index < -0.39 is 8.07 Å². The van der Waals surface area contributed by atoms with Crippen molar-refractivity contribution < 1.29 is 0 Å². The van der Waals surface area contributed by atoms with Gasteiger partial charge in [-0.3, -0.25) is 9.97 Å². The molecule has 0 radical (unpaired) electrons. The van der Waals surface area contributed by atoms with Crippen molar-refractivity contribution in [3.8, 4) is 22.3 Å². The average Bonchev–Trinajstić information content (AvgIpc) is 3.42. The van der Waals surface area contributed by atoms with Gasteiger partial charge >= 0.3 is 0 Å². The third-order valence-electron chi connectivity index (χ3n) is 8.12. The lowest BCUT2D eigenvalue weighted by Crippen LogP contribution is -2.42. The van der Waals surface area contributed by atoms with Crippen molar-refractivity contribution >= 4 is 52.1 Å². The third kappa shape index (κ3) is 4.12. The molecule has 4 aromatic rings. The molecule has 0 amide bonds. The number of rotatable bonds is 4. The number of nitrogens with zero attached hydrogens (tertiary/aromatic N) is 2. The summed E-state index contributed by atoms with van der Waals surface area (Å²) in [5.41, 5.74) is 14.3. The molecule has 0 saturated carbocycles. The molecule has 2 nitrogen and oxygen atoms in total. The van der Waals surface area contributed by atoms with E-state index >= 15 is 0 Å². The molecule has 184 valence electrons. The first-order valence-corrected chi connectivity index (χ1v) is 17.3. The van der Waals surface area contributed by atoms with E-state index in [-0.39, 0.29) is 0 Å². The molecule has 2 aromatic heterocycles. The van der Waals surface area contributed by atoms with Gasteiger partial charge in [0.25, 0.3) is 0 Å². The quantitative estimate of drug-likeness (QED) is 0.210. The van der Waals surface area contributed by atoms with Crippen LogP contribution in [0.25, 0.3) is 34.4 Å². The Balaban J connectivity index is 1.48. The second-order valence-electron chi connectivity index (χ2n) is 10.9. The van der Waals surface area contributed by atoms with Gasteiger partial charge in [0.05, 0.1) is 8.07 Å². The first kappa shape index (κ1) is 24.7. The van der Waals surface area contributed by atoms with Gasteiger partial charge in [-0.2, -0.15) is 0 Å². The first-order chi connectivity index (χ1) is 17.8. The lowest BCUT2D eigenvalue weighted by Gasteiger charge is -2.39. The summed E-state index contributed by atoms with van der Waals surface area (Å²) in [5, 5.41) is 0. The number of hydrogen-bond acceptors (Lipinski definition) is 2. The highest BCUT2D eigenvalue weighted by atomic mass is 79.9. The van der Waals surface area contributed by atoms with Crippen LogP contribution in [0.1, 0.15) is 47.2 Å². The maximum Gasteiger partial charge on any atom is 0.0722 e. The molecule has 2 unspecified atom stereocenters. The molecular weight excluding hydrogens is 600 g/mol. The van der Waals surface area contributed by atoms with Gasteiger partial charge in [0.1, 0.15) is 0 Å². The molecule has 0 spiro atoms. The molecule has 2 aromatic carbocycles. The minimum absolute atomic E-state index is 0.434. The second-order valence-corrected chi connectivity index (χ2v) is 17.4. The van der Waals surface area contributed by atoms with E-state index in [9.17, 15) is 0 Å². The molecular formula is C32H28Br2N2Si. The van der Waals surface area contributed by atoms with Crippen molar-refractivity contribution in [3.63, 3.8) is 0 Å². The Morgan fingerprint density at radius 3 is 1.35 bits per heavy atom. The molecule has 0 aliphatic heterocycles. The molecule has 0 saturated heterocycles. The number of aromatic nitrogens is 2. The zero-order valence-electron chi connectivity index (χ0n) is 21.4. The van der Waals surface area contributed by atoms with Gasteiger partial charge in [0, 0.05) is 44.8 Å². The summed E-state index contributed by atoms with van der Waals surface area (Å²) in [6, 6.07) is 17.8. The topological polar surface area (TPSA) is 25.8 Å². The van der Waals surface area contributed by atoms with E-state index in [4.69, 9.17) is 0 Å². The molecule has 2 aliphatic carbocycles. The predicted molar refractivity (Wildman–Crippen MR) is 165 cm³/mol. The molecule has 0 fully saturated rings. The third-order valence-corrected chi connectivity index (χ3v) is 13.9. The molecule has 37 heavy (non-hydrogen) atoms. The molecule has 0 bridgehead atoms. The fraction of sp³-hybridized carbons (Fsp3) is 0.188. The lowest BCUT2D eigenvalue weighted by atomic mass is 10.00. The summed E-state index contributed by atoms with van der Waals surface area (Å²) in [6.07, 6.45) is 12.3. The Labute approximate surface area is 236 Å². The standard InChI is InChI=1S/C32H28Br2N2Si/c1-19-13-25-27(15-23(17-29(25)33)21-5-9-35-10-6-21)31(19)37(3,4)32-20(2)14-26-28(32)16-24(18-30(26)34)22-7-11-36-12-8-22/h5-18,31-32H,1-4H3. The van der Waals surface area contributed by atoms with Gasteiger partial charge in [-0.05, 0) is 94.8 Å². The van der Waals surface area contributed by atoms with Crippen molar-refractivity contribution in [1.29, 1.82) is 0 Å². The highest BCUT2D eigenvalue weighted by Crippen LogP contribution is 2.54. The number of fused-ring (bicyclic) bond motifs is 2. The zero-order chi connectivity index (χ0) is 25.9. The first-order valence-electron chi connectivity index (χ1n) is 12.6. The number of pyridine rings is 2. The molecule has 2 aliphatic rings. The molecule has 2 atom stereocenters. The van der Waals surface area contributed by atoms with Crippen LogP contribution in [0.2, 0.25) is 13.1 Å². The van der Waals surface area contributed by atoms with Gasteiger partial charge in [-0.25, -0.2) is 0 Å². The van der Waals surface area contributed by atoms with E-state index in [2.05, 4.69) is 129 Å². The van der Waals surface area contributed by atoms with Crippen molar-refractivity contribution in [2.45, 2.75) is 38.0 Å². The van der Waals surface area contributed by atoms with Gasteiger partial charge in [-0.1, -0.05) is 80.4 Å². The van der Waals surface area contributed by atoms with E-state index in [0.717, 1.165) is 0 Å². The Kier molecular flexibility index (Phi) is 6.21. The molecule has 5 heteroatoms. The second kappa shape index (κ2) is 9.30. The fourth-order valence-corrected chi connectivity index (χ4v) is 12.8. The Hall–Kier alpha value is -2.60. The van der Waals surface area contributed by atoms with Gasteiger partial charge in [0.15, 0.2) is 0 Å². The summed E-state index contributed by atoms with van der Waals surface area (Å²) >= 11 is 7.83. The van der Waals surface area contributed by atoms with E-state index in [0.29, 0.717) is 11.1 Å². The van der Waals surface area contributed by atoms with Crippen LogP contribution >= 0.6 is 31.9 Å². The maximum absolute atomic E-state index is 4.22. The summed E-state index contributed by atoms with van der Waals surface area (Å²) in [6.45, 7) is 9.83. The van der Waals surface area contributed by atoms with Crippen LogP contribution in [-0.2, 0) is 0 Å². The molecule has 0 N–H and O–H groups in total. The minimum atomic E-state index is -1.96. The number of benzene rings is 2. The fourth-order valence-electron chi connectivity index (χ4n) is 6.74. The Morgan fingerprint density at radius 1 is 0.595 bits per heavy atom. The van der Waals surface area contributed by atoms with E-state index in [1.54, 1.807) is 0 Å². The van der Waals surface area contributed by atoms with Crippen LogP contribution < -0.4 is 0 Å². The minimum Gasteiger partial charge on any atom is -0.265 e. The number of halogens is 2. The number of allylic oxidation sites excluding steroid dienone is 2. The van der Waals surface area contributed by atoms with Crippen molar-refractivity contribution in [3.05, 3.63) is 116 Å². The highest BCUT2D eigenvalue weighted by molar-refractivity contribution is 9.10. The van der Waals surface area contributed by atoms with Gasteiger partial charge < -0.3 is 0 Å². The predicted octanol–water partition coefficient (Wildman–Crippen LogP) is 9.82. The van der Waals surface area contributed by atoms with Crippen LogP contribution in [0.15, 0.2) is 93.4 Å². The highest BCUT2D eigenvalue weighted by Gasteiger charge is 2.47. The van der Waals surface area contributed by atoms with E-state index in [1.807, 2.05) is 24.8 Å². The van der Waals surface area contributed by atoms with Crippen LogP contribution in [0.5, 0.6) is 0 Å². The summed E-state index contributed by atoms with van der Waals surface area (Å²) in [7, 11) is -1.96. The van der Waals surface area contributed by atoms with Crippen LogP contribution in [0.3, 0.4) is 0 Å². The Bertz CT molecular complexity index is 1470. The van der Waals surface area contributed by atoms with Crippen LogP contribution in [0.4, 0.5) is 0 Å². The summed E-state index contributed by atoms with van der Waals surface area (Å²) in [4.78, 5) is 8.44. The largest absolute Gasteiger partial charge is 0.265 e. The summed E-state index contributed by atoms with van der Waals surface area (Å²) in [5.74, 6) is 0. The zero-order valence-corrected chi connectivity index (χ0v) is 25.6. The van der Waals surface area contributed by atoms with E-state index in [1.165, 1.54) is 64.6 Å². The van der Waals surface area contributed by atoms with Gasteiger partial charge in [-0.15, -0.1) is 0 Å². The molecule has 2 heterocycles. The molecule has 6 rings (SSSR count). The monoisotopic (exact) mass is 626 g/mol. The van der Waals surface area contributed by atoms with Crippen molar-refractivity contribution in [2.75, 3.05) is 0 Å². The number of hydrogen-bond donors (Lipinski definition) is 0. The average molecular weight is 628 g/mol. The normalized spacial score (nSPS) is 18.3. The SMILES string of the molecule is CC1=Cc2c(Br)cc(-c3ccncc3)cc2C1[Si](C)(C)C1C(C)=Cc2c(Br)cc(-c3ccncc3)cc21.